The molecule has 4 aliphatic rings. The van der Waals surface area contributed by atoms with Crippen molar-refractivity contribution >= 4 is 0 Å². The van der Waals surface area contributed by atoms with Gasteiger partial charge in [0.25, 0.3) is 0 Å². The first kappa shape index (κ1) is 26.6. The van der Waals surface area contributed by atoms with Crippen LogP contribution in [0.3, 0.4) is 0 Å². The SMILES string of the molecule is CC(C)=CCC[C@](C)(O)[C@@]1(O)CC[C@]2(C)[C@@H]1[C@H](O)C[C@@H]1[C@@]3(C)CC[C@@H](O)C(C)(C)[C@H]3CC[C@]12C. The molecule has 4 heteroatoms. The van der Waals surface area contributed by atoms with E-state index in [0.717, 1.165) is 38.5 Å². The lowest BCUT2D eigenvalue weighted by atomic mass is 9.35. The van der Waals surface area contributed by atoms with Gasteiger partial charge in [-0.05, 0) is 112 Å². The maximum Gasteiger partial charge on any atom is 0.0988 e. The van der Waals surface area contributed by atoms with Gasteiger partial charge in [0.05, 0.1) is 23.4 Å². The van der Waals surface area contributed by atoms with Gasteiger partial charge in [-0.25, -0.2) is 0 Å². The molecule has 0 heterocycles. The Bertz CT molecular complexity index is 828. The molecule has 0 radical (unpaired) electrons. The number of hydrogen-bond acceptors (Lipinski definition) is 4. The molecule has 4 N–H and O–H groups in total. The molecule has 0 aliphatic heterocycles. The average molecular weight is 477 g/mol. The van der Waals surface area contributed by atoms with Crippen molar-refractivity contribution in [3.8, 4) is 0 Å². The zero-order valence-corrected chi connectivity index (χ0v) is 23.1. The van der Waals surface area contributed by atoms with Gasteiger partial charge in [0, 0.05) is 5.92 Å². The van der Waals surface area contributed by atoms with Crippen LogP contribution in [0.2, 0.25) is 0 Å². The number of aliphatic hydroxyl groups excluding tert-OH is 2. The fraction of sp³-hybridized carbons (Fsp3) is 0.933. The maximum atomic E-state index is 12.2. The van der Waals surface area contributed by atoms with E-state index in [2.05, 4.69) is 54.5 Å². The minimum atomic E-state index is -1.29. The molecule has 4 aliphatic carbocycles. The Morgan fingerprint density at radius 2 is 1.56 bits per heavy atom. The van der Waals surface area contributed by atoms with E-state index in [1.54, 1.807) is 6.92 Å². The van der Waals surface area contributed by atoms with E-state index in [9.17, 15) is 20.4 Å². The summed E-state index contributed by atoms with van der Waals surface area (Å²) in [6, 6.07) is 0. The minimum Gasteiger partial charge on any atom is -0.393 e. The average Bonchev–Trinajstić information content (AvgIpc) is 3.02. The molecule has 10 atom stereocenters. The fourth-order valence-corrected chi connectivity index (χ4v) is 10.3. The summed E-state index contributed by atoms with van der Waals surface area (Å²) < 4.78 is 0. The number of fused-ring (bicyclic) bond motifs is 5. The summed E-state index contributed by atoms with van der Waals surface area (Å²) in [5, 5.41) is 46.4. The Balaban J connectivity index is 1.71. The predicted octanol–water partition coefficient (Wildman–Crippen LogP) is 5.62. The van der Waals surface area contributed by atoms with Crippen molar-refractivity contribution in [1.29, 1.82) is 0 Å². The maximum absolute atomic E-state index is 12.2. The highest BCUT2D eigenvalue weighted by Crippen LogP contribution is 2.76. The van der Waals surface area contributed by atoms with Crippen molar-refractivity contribution in [1.82, 2.24) is 0 Å². The Morgan fingerprint density at radius 3 is 2.18 bits per heavy atom. The smallest absolute Gasteiger partial charge is 0.0988 e. The topological polar surface area (TPSA) is 80.9 Å². The van der Waals surface area contributed by atoms with Crippen molar-refractivity contribution in [3.05, 3.63) is 11.6 Å². The molecule has 4 saturated carbocycles. The van der Waals surface area contributed by atoms with Gasteiger partial charge in [-0.2, -0.15) is 0 Å². The van der Waals surface area contributed by atoms with Gasteiger partial charge < -0.3 is 20.4 Å². The standard InChI is InChI=1S/C30H52O4/c1-19(2)10-9-13-29(8,33)30(34)17-16-28(7)24(30)20(31)18-22-26(5)14-12-23(32)25(3,4)21(26)11-15-27(22,28)6/h10,20-24,31-34H,9,11-18H2,1-8H3/t20-,21-,22-,23-,24+,26+,27-,28-,29+,30-/m1/s1. The Hall–Kier alpha value is -0.420. The lowest BCUT2D eigenvalue weighted by Gasteiger charge is -2.70. The third-order valence-electron chi connectivity index (χ3n) is 12.5. The number of rotatable bonds is 4. The largest absolute Gasteiger partial charge is 0.393 e. The molecule has 34 heavy (non-hydrogen) atoms. The molecule has 0 bridgehead atoms. The summed E-state index contributed by atoms with van der Waals surface area (Å²) in [7, 11) is 0. The summed E-state index contributed by atoms with van der Waals surface area (Å²) >= 11 is 0. The van der Waals surface area contributed by atoms with Crippen LogP contribution in [0, 0.1) is 39.4 Å². The van der Waals surface area contributed by atoms with Crippen molar-refractivity contribution in [2.75, 3.05) is 0 Å². The number of aliphatic hydroxyl groups is 4. The van der Waals surface area contributed by atoms with E-state index in [4.69, 9.17) is 0 Å². The highest BCUT2D eigenvalue weighted by Gasteiger charge is 2.74. The lowest BCUT2D eigenvalue weighted by Crippen LogP contribution is -2.69. The molecule has 0 spiro atoms. The Labute approximate surface area is 208 Å². The van der Waals surface area contributed by atoms with Crippen LogP contribution in [-0.2, 0) is 0 Å². The van der Waals surface area contributed by atoms with Gasteiger partial charge in [-0.3, -0.25) is 0 Å². The van der Waals surface area contributed by atoms with E-state index < -0.39 is 17.3 Å². The molecule has 0 aromatic rings. The second-order valence-electron chi connectivity index (χ2n) is 14.7. The highest BCUT2D eigenvalue weighted by molar-refractivity contribution is 5.24. The van der Waals surface area contributed by atoms with Crippen LogP contribution in [0.1, 0.15) is 113 Å². The summed E-state index contributed by atoms with van der Waals surface area (Å²) in [6.07, 6.45) is 8.50. The van der Waals surface area contributed by atoms with Gasteiger partial charge in [0.15, 0.2) is 0 Å². The lowest BCUT2D eigenvalue weighted by molar-refractivity contribution is -0.271. The van der Waals surface area contributed by atoms with E-state index in [0.29, 0.717) is 31.1 Å². The number of allylic oxidation sites excluding steroid dienone is 2. The van der Waals surface area contributed by atoms with Crippen LogP contribution in [0.15, 0.2) is 11.6 Å². The van der Waals surface area contributed by atoms with Crippen LogP contribution >= 0.6 is 0 Å². The van der Waals surface area contributed by atoms with Gasteiger partial charge in [-0.1, -0.05) is 46.3 Å². The van der Waals surface area contributed by atoms with Gasteiger partial charge in [-0.15, -0.1) is 0 Å². The van der Waals surface area contributed by atoms with Crippen LogP contribution in [0.5, 0.6) is 0 Å². The van der Waals surface area contributed by atoms with Crippen LogP contribution in [-0.4, -0.2) is 43.8 Å². The fourth-order valence-electron chi connectivity index (χ4n) is 10.3. The normalized spacial score (nSPS) is 51.6. The molecule has 4 nitrogen and oxygen atoms in total. The highest BCUT2D eigenvalue weighted by atomic mass is 16.4. The second kappa shape index (κ2) is 8.04. The van der Waals surface area contributed by atoms with E-state index in [-0.39, 0.29) is 33.7 Å². The van der Waals surface area contributed by atoms with Crippen LogP contribution in [0.25, 0.3) is 0 Å². The van der Waals surface area contributed by atoms with E-state index >= 15 is 0 Å². The Morgan fingerprint density at radius 1 is 0.912 bits per heavy atom. The third-order valence-corrected chi connectivity index (χ3v) is 12.5. The summed E-state index contributed by atoms with van der Waals surface area (Å²) in [6.45, 7) is 17.6. The first-order chi connectivity index (χ1) is 15.5. The van der Waals surface area contributed by atoms with Crippen LogP contribution < -0.4 is 0 Å². The molecular weight excluding hydrogens is 424 g/mol. The molecule has 0 aromatic heterocycles. The molecule has 4 fully saturated rings. The third kappa shape index (κ3) is 3.37. The van der Waals surface area contributed by atoms with E-state index in [1.165, 1.54) is 5.57 Å². The summed E-state index contributed by atoms with van der Waals surface area (Å²) in [5.74, 6) is 0.451. The van der Waals surface area contributed by atoms with E-state index in [1.807, 2.05) is 0 Å². The molecule has 0 amide bonds. The molecule has 0 aromatic carbocycles. The monoisotopic (exact) mass is 476 g/mol. The molecule has 0 unspecified atom stereocenters. The predicted molar refractivity (Wildman–Crippen MR) is 137 cm³/mol. The zero-order valence-electron chi connectivity index (χ0n) is 23.1. The van der Waals surface area contributed by atoms with Crippen molar-refractivity contribution in [3.63, 3.8) is 0 Å². The minimum absolute atomic E-state index is 0.0129. The van der Waals surface area contributed by atoms with Gasteiger partial charge in [0.2, 0.25) is 0 Å². The summed E-state index contributed by atoms with van der Waals surface area (Å²) in [5.41, 5.74) is -1.62. The zero-order chi connectivity index (χ0) is 25.5. The first-order valence-corrected chi connectivity index (χ1v) is 13.9. The van der Waals surface area contributed by atoms with Gasteiger partial charge in [0.1, 0.15) is 0 Å². The molecule has 196 valence electrons. The first-order valence-electron chi connectivity index (χ1n) is 13.9. The molecular formula is C30H52O4. The quantitative estimate of drug-likeness (QED) is 0.397. The van der Waals surface area contributed by atoms with Crippen LogP contribution in [0.4, 0.5) is 0 Å². The van der Waals surface area contributed by atoms with Crippen molar-refractivity contribution in [2.24, 2.45) is 39.4 Å². The second-order valence-corrected chi connectivity index (χ2v) is 14.7. The molecule has 0 saturated heterocycles. The van der Waals surface area contributed by atoms with Crippen molar-refractivity contribution in [2.45, 2.75) is 137 Å². The summed E-state index contributed by atoms with van der Waals surface area (Å²) in [4.78, 5) is 0. The number of hydrogen-bond donors (Lipinski definition) is 4. The Kier molecular flexibility index (Phi) is 6.30. The molecule has 4 rings (SSSR count). The van der Waals surface area contributed by atoms with Gasteiger partial charge >= 0.3 is 0 Å². The van der Waals surface area contributed by atoms with Crippen molar-refractivity contribution < 1.29 is 20.4 Å².